The number of alkyl halides is 1. The molecule has 0 spiro atoms. The van der Waals surface area contributed by atoms with Crippen molar-refractivity contribution in [2.24, 2.45) is 11.8 Å². The first-order chi connectivity index (χ1) is 9.10. The number of rotatable bonds is 4. The zero-order chi connectivity index (χ0) is 13.8. The largest absolute Gasteiger partial charge is 0.508 e. The Morgan fingerprint density at radius 2 is 1.84 bits per heavy atom. The van der Waals surface area contributed by atoms with Crippen molar-refractivity contribution in [2.75, 3.05) is 11.9 Å². The van der Waals surface area contributed by atoms with E-state index in [9.17, 15) is 15.0 Å². The van der Waals surface area contributed by atoms with Gasteiger partial charge in [0, 0.05) is 23.5 Å². The van der Waals surface area contributed by atoms with Crippen LogP contribution in [-0.4, -0.2) is 28.0 Å². The zero-order valence-electron chi connectivity index (χ0n) is 10.6. The molecule has 5 heteroatoms. The molecule has 3 N–H and O–H groups in total. The molecule has 1 saturated carbocycles. The first-order valence-corrected chi connectivity index (χ1v) is 7.59. The summed E-state index contributed by atoms with van der Waals surface area (Å²) in [5.41, 5.74) is 0.283. The number of phenols is 2. The number of aromatic hydroxyl groups is 2. The molecule has 1 aromatic carbocycles. The summed E-state index contributed by atoms with van der Waals surface area (Å²) < 4.78 is 0. The number of hydrogen-bond donors (Lipinski definition) is 3. The molecule has 104 valence electrons. The van der Waals surface area contributed by atoms with Gasteiger partial charge in [-0.25, -0.2) is 0 Å². The molecule has 1 fully saturated rings. The molecule has 19 heavy (non-hydrogen) atoms. The van der Waals surface area contributed by atoms with Gasteiger partial charge in [-0.1, -0.05) is 22.4 Å². The van der Waals surface area contributed by atoms with E-state index in [0.717, 1.165) is 11.8 Å². The van der Waals surface area contributed by atoms with Crippen LogP contribution >= 0.6 is 15.9 Å². The molecular weight excluding hydrogens is 310 g/mol. The molecule has 1 aliphatic rings. The van der Waals surface area contributed by atoms with E-state index in [1.54, 1.807) is 0 Å². The predicted octanol–water partition coefficient (Wildman–Crippen LogP) is 2.64. The van der Waals surface area contributed by atoms with Crippen molar-refractivity contribution in [1.29, 1.82) is 0 Å². The van der Waals surface area contributed by atoms with Crippen LogP contribution in [0, 0.1) is 11.8 Å². The highest BCUT2D eigenvalue weighted by molar-refractivity contribution is 9.09. The predicted molar refractivity (Wildman–Crippen MR) is 76.7 cm³/mol. The average Bonchev–Trinajstić information content (AvgIpc) is 2.82. The van der Waals surface area contributed by atoms with Gasteiger partial charge in [0.15, 0.2) is 0 Å². The molecule has 1 aliphatic carbocycles. The molecule has 0 radical (unpaired) electrons. The van der Waals surface area contributed by atoms with E-state index in [1.165, 1.54) is 31.0 Å². The highest BCUT2D eigenvalue weighted by Gasteiger charge is 2.26. The summed E-state index contributed by atoms with van der Waals surface area (Å²) in [6.07, 6.45) is 3.56. The fourth-order valence-corrected chi connectivity index (χ4v) is 3.49. The smallest absolute Gasteiger partial charge is 0.251 e. The average molecular weight is 328 g/mol. The van der Waals surface area contributed by atoms with Crippen LogP contribution in [0.5, 0.6) is 11.5 Å². The monoisotopic (exact) mass is 327 g/mol. The third-order valence-electron chi connectivity index (χ3n) is 3.70. The van der Waals surface area contributed by atoms with Crippen molar-refractivity contribution in [3.63, 3.8) is 0 Å². The van der Waals surface area contributed by atoms with E-state index in [-0.39, 0.29) is 23.0 Å². The van der Waals surface area contributed by atoms with Gasteiger partial charge < -0.3 is 15.5 Å². The van der Waals surface area contributed by atoms with Gasteiger partial charge in [0.1, 0.15) is 11.5 Å². The summed E-state index contributed by atoms with van der Waals surface area (Å²) in [7, 11) is 0. The Kier molecular flexibility index (Phi) is 4.69. The second-order valence-corrected chi connectivity index (χ2v) is 5.70. The Bertz CT molecular complexity index is 444. The molecule has 1 amide bonds. The van der Waals surface area contributed by atoms with Gasteiger partial charge in [-0.05, 0) is 36.8 Å². The number of hydrogen-bond acceptors (Lipinski definition) is 3. The lowest BCUT2D eigenvalue weighted by molar-refractivity contribution is 0.0944. The molecule has 2 unspecified atom stereocenters. The molecule has 4 nitrogen and oxygen atoms in total. The number of nitrogens with one attached hydrogen (secondary N) is 1. The van der Waals surface area contributed by atoms with Crippen LogP contribution in [0.2, 0.25) is 0 Å². The minimum Gasteiger partial charge on any atom is -0.508 e. The molecule has 2 rings (SSSR count). The van der Waals surface area contributed by atoms with Crippen molar-refractivity contribution in [3.8, 4) is 11.5 Å². The number of amides is 1. The summed E-state index contributed by atoms with van der Waals surface area (Å²) in [5.74, 6) is 0.659. The van der Waals surface area contributed by atoms with E-state index in [0.29, 0.717) is 18.4 Å². The highest BCUT2D eigenvalue weighted by atomic mass is 79.9. The Hall–Kier alpha value is -1.23. The van der Waals surface area contributed by atoms with Crippen LogP contribution in [0.15, 0.2) is 18.2 Å². The Morgan fingerprint density at radius 3 is 2.47 bits per heavy atom. The fraction of sp³-hybridized carbons (Fsp3) is 0.500. The lowest BCUT2D eigenvalue weighted by atomic mass is 9.98. The van der Waals surface area contributed by atoms with Crippen LogP contribution in [0.3, 0.4) is 0 Å². The van der Waals surface area contributed by atoms with Crippen molar-refractivity contribution in [2.45, 2.75) is 19.3 Å². The molecule has 0 aliphatic heterocycles. The number of halogens is 1. The third kappa shape index (κ3) is 3.62. The van der Waals surface area contributed by atoms with E-state index in [1.807, 2.05) is 0 Å². The quantitative estimate of drug-likeness (QED) is 0.744. The third-order valence-corrected chi connectivity index (χ3v) is 4.54. The standard InChI is InChI=1S/C14H18BrNO3/c15-7-9-2-1-3-10(9)8-16-14(19)11-4-12(17)6-13(18)5-11/h4-6,9-10,17-18H,1-3,7-8H2,(H,16,19). The maximum atomic E-state index is 12.0. The first-order valence-electron chi connectivity index (χ1n) is 6.47. The van der Waals surface area contributed by atoms with E-state index in [2.05, 4.69) is 21.2 Å². The van der Waals surface area contributed by atoms with Crippen LogP contribution in [0.25, 0.3) is 0 Å². The van der Waals surface area contributed by atoms with Gasteiger partial charge >= 0.3 is 0 Å². The van der Waals surface area contributed by atoms with Crippen molar-refractivity contribution >= 4 is 21.8 Å². The lowest BCUT2D eigenvalue weighted by Gasteiger charge is -2.17. The molecule has 1 aromatic rings. The molecule has 0 bridgehead atoms. The van der Waals surface area contributed by atoms with E-state index in [4.69, 9.17) is 0 Å². The first kappa shape index (κ1) is 14.2. The number of carbonyl (C=O) groups is 1. The summed E-state index contributed by atoms with van der Waals surface area (Å²) in [4.78, 5) is 12.0. The Morgan fingerprint density at radius 1 is 1.21 bits per heavy atom. The maximum absolute atomic E-state index is 12.0. The van der Waals surface area contributed by atoms with Crippen molar-refractivity contribution in [1.82, 2.24) is 5.32 Å². The van der Waals surface area contributed by atoms with Crippen LogP contribution in [0.1, 0.15) is 29.6 Å². The van der Waals surface area contributed by atoms with Gasteiger partial charge in [0.05, 0.1) is 0 Å². The van der Waals surface area contributed by atoms with Gasteiger partial charge in [-0.2, -0.15) is 0 Å². The van der Waals surface area contributed by atoms with E-state index < -0.39 is 0 Å². The molecule has 2 atom stereocenters. The fourth-order valence-electron chi connectivity index (χ4n) is 2.64. The van der Waals surface area contributed by atoms with Crippen LogP contribution < -0.4 is 5.32 Å². The Labute approximate surface area is 121 Å². The number of carbonyl (C=O) groups excluding carboxylic acids is 1. The van der Waals surface area contributed by atoms with E-state index >= 15 is 0 Å². The summed E-state index contributed by atoms with van der Waals surface area (Å²) in [5, 5.41) is 22.6. The summed E-state index contributed by atoms with van der Waals surface area (Å²) >= 11 is 3.51. The molecular formula is C14H18BrNO3. The minimum absolute atomic E-state index is 0.107. The molecule has 0 heterocycles. The topological polar surface area (TPSA) is 69.6 Å². The number of phenolic OH excluding ortho intramolecular Hbond substituents is 2. The lowest BCUT2D eigenvalue weighted by Crippen LogP contribution is -2.31. The number of benzene rings is 1. The second kappa shape index (κ2) is 6.28. The van der Waals surface area contributed by atoms with Crippen LogP contribution in [0.4, 0.5) is 0 Å². The van der Waals surface area contributed by atoms with Crippen molar-refractivity contribution in [3.05, 3.63) is 23.8 Å². The second-order valence-electron chi connectivity index (χ2n) is 5.05. The van der Waals surface area contributed by atoms with Gasteiger partial charge in [0.2, 0.25) is 0 Å². The molecule has 0 saturated heterocycles. The summed E-state index contributed by atoms with van der Waals surface area (Å²) in [6, 6.07) is 3.91. The summed E-state index contributed by atoms with van der Waals surface area (Å²) in [6.45, 7) is 0.644. The minimum atomic E-state index is -0.258. The van der Waals surface area contributed by atoms with Crippen molar-refractivity contribution < 1.29 is 15.0 Å². The normalized spacial score (nSPS) is 22.4. The van der Waals surface area contributed by atoms with Gasteiger partial charge in [-0.15, -0.1) is 0 Å². The zero-order valence-corrected chi connectivity index (χ0v) is 12.2. The molecule has 0 aromatic heterocycles. The van der Waals surface area contributed by atoms with Gasteiger partial charge in [0.25, 0.3) is 5.91 Å². The Balaban J connectivity index is 1.94. The highest BCUT2D eigenvalue weighted by Crippen LogP contribution is 2.32. The maximum Gasteiger partial charge on any atom is 0.251 e. The van der Waals surface area contributed by atoms with Gasteiger partial charge in [-0.3, -0.25) is 4.79 Å². The van der Waals surface area contributed by atoms with Crippen LogP contribution in [-0.2, 0) is 0 Å². The SMILES string of the molecule is O=C(NCC1CCCC1CBr)c1cc(O)cc(O)c1.